The lowest BCUT2D eigenvalue weighted by molar-refractivity contribution is 0.0918. The van der Waals surface area contributed by atoms with Crippen LogP contribution in [-0.4, -0.2) is 63.2 Å². The standard InChI is InChI=1S/C23H26N6O2/c1-3-31-21-5-4-17-18(13-24-22(17)27-21)15-6-11-29-20(12-15)19(14-25-29)23(30)26-16-7-9-28(2)10-8-16/h4-6,11-14,16H,3,7-10H2,1-2H3,(H,24,27)(H,26,30). The van der Waals surface area contributed by atoms with Gasteiger partial charge in [-0.2, -0.15) is 10.1 Å². The van der Waals surface area contributed by atoms with Gasteiger partial charge in [0.1, 0.15) is 5.65 Å². The maximum atomic E-state index is 13.0. The third-order valence-electron chi connectivity index (χ3n) is 5.94. The molecule has 1 amide bonds. The number of likely N-dealkylation sites (tertiary alicyclic amines) is 1. The molecule has 1 aliphatic rings. The molecule has 1 aliphatic heterocycles. The first kappa shape index (κ1) is 19.6. The average Bonchev–Trinajstić information content (AvgIpc) is 3.39. The zero-order valence-electron chi connectivity index (χ0n) is 17.8. The summed E-state index contributed by atoms with van der Waals surface area (Å²) < 4.78 is 7.24. The number of H-pyrrole nitrogens is 1. The first-order valence-electron chi connectivity index (χ1n) is 10.7. The van der Waals surface area contributed by atoms with Crippen molar-refractivity contribution in [3.05, 3.63) is 48.4 Å². The quantitative estimate of drug-likeness (QED) is 0.520. The molecule has 0 spiro atoms. The summed E-state index contributed by atoms with van der Waals surface area (Å²) in [5.41, 5.74) is 4.18. The van der Waals surface area contributed by atoms with Crippen LogP contribution in [0, 0.1) is 0 Å². The van der Waals surface area contributed by atoms with Crippen molar-refractivity contribution in [1.82, 2.24) is 29.8 Å². The summed E-state index contributed by atoms with van der Waals surface area (Å²) in [6.07, 6.45) is 7.41. The SMILES string of the molecule is CCOc1ccc2c(-c3ccn4ncc(C(=O)NC5CCN(C)CC5)c4c3)c[nH]c2n1. The molecular weight excluding hydrogens is 392 g/mol. The molecule has 0 aliphatic carbocycles. The maximum Gasteiger partial charge on any atom is 0.255 e. The van der Waals surface area contributed by atoms with Crippen molar-refractivity contribution in [1.29, 1.82) is 0 Å². The number of amides is 1. The molecule has 5 heterocycles. The van der Waals surface area contributed by atoms with Crippen LogP contribution in [0.1, 0.15) is 30.1 Å². The van der Waals surface area contributed by atoms with Gasteiger partial charge < -0.3 is 19.9 Å². The largest absolute Gasteiger partial charge is 0.478 e. The van der Waals surface area contributed by atoms with E-state index in [-0.39, 0.29) is 11.9 Å². The first-order valence-corrected chi connectivity index (χ1v) is 10.7. The van der Waals surface area contributed by atoms with Gasteiger partial charge in [-0.15, -0.1) is 0 Å². The van der Waals surface area contributed by atoms with Crippen molar-refractivity contribution in [2.45, 2.75) is 25.8 Å². The molecule has 5 rings (SSSR count). The van der Waals surface area contributed by atoms with Gasteiger partial charge in [0.05, 0.1) is 23.9 Å². The van der Waals surface area contributed by atoms with E-state index >= 15 is 0 Å². The van der Waals surface area contributed by atoms with Gasteiger partial charge in [-0.3, -0.25) is 4.79 Å². The fourth-order valence-electron chi connectivity index (χ4n) is 4.19. The van der Waals surface area contributed by atoms with Crippen LogP contribution in [0.4, 0.5) is 0 Å². The van der Waals surface area contributed by atoms with E-state index < -0.39 is 0 Å². The number of fused-ring (bicyclic) bond motifs is 2. The summed E-state index contributed by atoms with van der Waals surface area (Å²) in [4.78, 5) is 23.0. The number of piperidine rings is 1. The summed E-state index contributed by atoms with van der Waals surface area (Å²) in [7, 11) is 2.11. The van der Waals surface area contributed by atoms with Crippen LogP contribution < -0.4 is 10.1 Å². The Balaban J connectivity index is 1.45. The smallest absolute Gasteiger partial charge is 0.255 e. The highest BCUT2D eigenvalue weighted by molar-refractivity contribution is 6.02. The molecule has 8 nitrogen and oxygen atoms in total. The van der Waals surface area contributed by atoms with E-state index in [1.54, 1.807) is 10.7 Å². The molecule has 0 saturated carbocycles. The number of carbonyl (C=O) groups is 1. The summed E-state index contributed by atoms with van der Waals surface area (Å²) in [6.45, 7) is 4.52. The summed E-state index contributed by atoms with van der Waals surface area (Å²) >= 11 is 0. The maximum absolute atomic E-state index is 13.0. The number of pyridine rings is 2. The molecule has 31 heavy (non-hydrogen) atoms. The molecule has 2 N–H and O–H groups in total. The third kappa shape index (κ3) is 3.74. The molecule has 160 valence electrons. The lowest BCUT2D eigenvalue weighted by Gasteiger charge is -2.29. The highest BCUT2D eigenvalue weighted by atomic mass is 16.5. The van der Waals surface area contributed by atoms with Gasteiger partial charge in [-0.25, -0.2) is 4.52 Å². The Kier molecular flexibility index (Phi) is 5.07. The van der Waals surface area contributed by atoms with Gasteiger partial charge in [0.15, 0.2) is 0 Å². The van der Waals surface area contributed by atoms with Crippen LogP contribution in [-0.2, 0) is 0 Å². The Morgan fingerprint density at radius 3 is 2.94 bits per heavy atom. The molecule has 1 saturated heterocycles. The summed E-state index contributed by atoms with van der Waals surface area (Å²) in [5, 5.41) is 8.56. The van der Waals surface area contributed by atoms with E-state index in [0.717, 1.165) is 53.6 Å². The van der Waals surface area contributed by atoms with Crippen molar-refractivity contribution in [3.8, 4) is 17.0 Å². The fourth-order valence-corrected chi connectivity index (χ4v) is 4.19. The predicted molar refractivity (Wildman–Crippen MR) is 119 cm³/mol. The van der Waals surface area contributed by atoms with Crippen LogP contribution in [0.25, 0.3) is 27.7 Å². The van der Waals surface area contributed by atoms with Crippen molar-refractivity contribution >= 4 is 22.5 Å². The number of ether oxygens (including phenoxy) is 1. The number of aromatic nitrogens is 4. The Labute approximate surface area is 180 Å². The van der Waals surface area contributed by atoms with Crippen molar-refractivity contribution in [2.24, 2.45) is 0 Å². The fraction of sp³-hybridized carbons (Fsp3) is 0.348. The second kappa shape index (κ2) is 8.03. The van der Waals surface area contributed by atoms with Crippen molar-refractivity contribution < 1.29 is 9.53 Å². The second-order valence-electron chi connectivity index (χ2n) is 8.04. The molecule has 0 atom stereocenters. The zero-order chi connectivity index (χ0) is 21.4. The second-order valence-corrected chi connectivity index (χ2v) is 8.04. The summed E-state index contributed by atoms with van der Waals surface area (Å²) in [6, 6.07) is 8.10. The van der Waals surface area contributed by atoms with Crippen LogP contribution in [0.3, 0.4) is 0 Å². The van der Waals surface area contributed by atoms with Gasteiger partial charge >= 0.3 is 0 Å². The van der Waals surface area contributed by atoms with Crippen LogP contribution in [0.5, 0.6) is 5.88 Å². The van der Waals surface area contributed by atoms with Crippen LogP contribution in [0.15, 0.2) is 42.9 Å². The average molecular weight is 419 g/mol. The molecule has 4 aromatic heterocycles. The van der Waals surface area contributed by atoms with Crippen molar-refractivity contribution in [3.63, 3.8) is 0 Å². The highest BCUT2D eigenvalue weighted by Crippen LogP contribution is 2.30. The number of aromatic amines is 1. The van der Waals surface area contributed by atoms with Crippen molar-refractivity contribution in [2.75, 3.05) is 26.7 Å². The van der Waals surface area contributed by atoms with Gasteiger partial charge in [-0.05, 0) is 63.7 Å². The van der Waals surface area contributed by atoms with Gasteiger partial charge in [0.25, 0.3) is 5.91 Å². The van der Waals surface area contributed by atoms with Gasteiger partial charge in [0.2, 0.25) is 5.88 Å². The number of hydrogen-bond donors (Lipinski definition) is 2. The van der Waals surface area contributed by atoms with E-state index in [0.29, 0.717) is 18.1 Å². The Bertz CT molecular complexity index is 1240. The zero-order valence-corrected chi connectivity index (χ0v) is 17.8. The molecule has 0 aromatic carbocycles. The minimum atomic E-state index is -0.0661. The number of rotatable bonds is 5. The normalized spacial score (nSPS) is 15.5. The molecule has 0 bridgehead atoms. The Morgan fingerprint density at radius 2 is 2.13 bits per heavy atom. The minimum absolute atomic E-state index is 0.0661. The van der Waals surface area contributed by atoms with Gasteiger partial charge in [-0.1, -0.05) is 0 Å². The molecule has 8 heteroatoms. The molecule has 4 aromatic rings. The topological polar surface area (TPSA) is 87.5 Å². The van der Waals surface area contributed by atoms with E-state index in [4.69, 9.17) is 4.74 Å². The van der Waals surface area contributed by atoms with E-state index in [9.17, 15) is 4.79 Å². The lowest BCUT2D eigenvalue weighted by atomic mass is 10.0. The van der Waals surface area contributed by atoms with Gasteiger partial charge in [0, 0.05) is 35.5 Å². The molecular formula is C23H26N6O2. The first-order chi connectivity index (χ1) is 15.1. The molecule has 0 radical (unpaired) electrons. The Morgan fingerprint density at radius 1 is 1.29 bits per heavy atom. The van der Waals surface area contributed by atoms with E-state index in [1.165, 1.54) is 0 Å². The lowest BCUT2D eigenvalue weighted by Crippen LogP contribution is -2.43. The third-order valence-corrected chi connectivity index (χ3v) is 5.94. The summed E-state index contributed by atoms with van der Waals surface area (Å²) in [5.74, 6) is 0.533. The van der Waals surface area contributed by atoms with E-state index in [1.807, 2.05) is 43.6 Å². The monoisotopic (exact) mass is 418 g/mol. The van der Waals surface area contributed by atoms with Crippen LogP contribution in [0.2, 0.25) is 0 Å². The molecule has 1 fully saturated rings. The number of nitrogens with zero attached hydrogens (tertiary/aromatic N) is 4. The van der Waals surface area contributed by atoms with E-state index in [2.05, 4.69) is 32.3 Å². The predicted octanol–water partition coefficient (Wildman–Crippen LogP) is 3.10. The number of carbonyl (C=O) groups excluding carboxylic acids is 1. The molecule has 0 unspecified atom stereocenters. The van der Waals surface area contributed by atoms with Crippen LogP contribution >= 0.6 is 0 Å². The minimum Gasteiger partial charge on any atom is -0.478 e. The Hall–Kier alpha value is -3.39. The highest BCUT2D eigenvalue weighted by Gasteiger charge is 2.21. The number of hydrogen-bond acceptors (Lipinski definition) is 5. The number of nitrogens with one attached hydrogen (secondary N) is 2.